The van der Waals surface area contributed by atoms with Crippen LogP contribution in [0.3, 0.4) is 0 Å². The Kier molecular flexibility index (Phi) is 5.01. The van der Waals surface area contributed by atoms with Gasteiger partial charge < -0.3 is 9.73 Å². The lowest BCUT2D eigenvalue weighted by atomic mass is 10.0. The molecular formula is C20H11ClF2N4O2. The molecular weight excluding hydrogens is 402 g/mol. The Labute approximate surface area is 168 Å². The van der Waals surface area contributed by atoms with Crippen LogP contribution in [0.1, 0.15) is 10.4 Å². The molecule has 2 aromatic carbocycles. The minimum absolute atomic E-state index is 0.130. The van der Waals surface area contributed by atoms with Crippen molar-refractivity contribution in [3.05, 3.63) is 83.3 Å². The first-order valence-electron chi connectivity index (χ1n) is 8.31. The molecule has 6 nitrogen and oxygen atoms in total. The summed E-state index contributed by atoms with van der Waals surface area (Å²) in [4.78, 5) is 16.3. The van der Waals surface area contributed by atoms with Crippen LogP contribution in [0.15, 0.2) is 65.5 Å². The van der Waals surface area contributed by atoms with Crippen LogP contribution in [-0.4, -0.2) is 21.1 Å². The van der Waals surface area contributed by atoms with Crippen molar-refractivity contribution in [2.24, 2.45) is 0 Å². The first-order valence-corrected chi connectivity index (χ1v) is 8.68. The number of hydrogen-bond donors (Lipinski definition) is 1. The number of halogens is 3. The number of nitrogens with one attached hydrogen (secondary N) is 1. The van der Waals surface area contributed by atoms with E-state index < -0.39 is 23.1 Å². The van der Waals surface area contributed by atoms with Crippen molar-refractivity contribution in [1.29, 1.82) is 0 Å². The summed E-state index contributed by atoms with van der Waals surface area (Å²) in [6, 6.07) is 11.6. The molecule has 2 heterocycles. The summed E-state index contributed by atoms with van der Waals surface area (Å²) in [5.41, 5.74) is 1.32. The SMILES string of the molecule is O=C(Nc1ccc(-c2cc(-c3nnco3)ccc2Cl)cn1)c1c(F)cccc1F. The van der Waals surface area contributed by atoms with Crippen molar-refractivity contribution < 1.29 is 18.0 Å². The highest BCUT2D eigenvalue weighted by Crippen LogP contribution is 2.32. The van der Waals surface area contributed by atoms with Gasteiger partial charge in [0.15, 0.2) is 0 Å². The standard InChI is InChI=1S/C20H11ClF2N4O2/c21-14-6-4-11(20-27-25-10-29-20)8-13(14)12-5-7-17(24-9-12)26-19(28)18-15(22)2-1-3-16(18)23/h1-10H,(H,24,26,28). The Balaban J connectivity index is 1.59. The molecule has 0 aliphatic rings. The largest absolute Gasteiger partial charge is 0.423 e. The number of benzene rings is 2. The van der Waals surface area contributed by atoms with Gasteiger partial charge in [0, 0.05) is 27.9 Å². The molecule has 144 valence electrons. The molecule has 4 rings (SSSR count). The van der Waals surface area contributed by atoms with Gasteiger partial charge in [-0.15, -0.1) is 10.2 Å². The van der Waals surface area contributed by atoms with Gasteiger partial charge >= 0.3 is 0 Å². The number of amides is 1. The molecule has 1 N–H and O–H groups in total. The van der Waals surface area contributed by atoms with Crippen molar-refractivity contribution in [3.63, 3.8) is 0 Å². The molecule has 4 aromatic rings. The van der Waals surface area contributed by atoms with Crippen molar-refractivity contribution in [2.45, 2.75) is 0 Å². The molecule has 1 amide bonds. The average molecular weight is 413 g/mol. The van der Waals surface area contributed by atoms with E-state index in [0.29, 0.717) is 27.6 Å². The number of aromatic nitrogens is 3. The molecule has 0 radical (unpaired) electrons. The quantitative estimate of drug-likeness (QED) is 0.511. The topological polar surface area (TPSA) is 80.9 Å². The number of hydrogen-bond acceptors (Lipinski definition) is 5. The number of carbonyl (C=O) groups is 1. The van der Waals surface area contributed by atoms with E-state index in [1.807, 2.05) is 0 Å². The Morgan fingerprint density at radius 2 is 1.79 bits per heavy atom. The predicted molar refractivity (Wildman–Crippen MR) is 102 cm³/mol. The summed E-state index contributed by atoms with van der Waals surface area (Å²) < 4.78 is 32.7. The van der Waals surface area contributed by atoms with Crippen LogP contribution in [0.25, 0.3) is 22.6 Å². The van der Waals surface area contributed by atoms with Gasteiger partial charge in [0.2, 0.25) is 12.3 Å². The second-order valence-corrected chi connectivity index (χ2v) is 6.33. The molecule has 0 spiro atoms. The number of carbonyl (C=O) groups excluding carboxylic acids is 1. The van der Waals surface area contributed by atoms with Crippen LogP contribution >= 0.6 is 11.6 Å². The van der Waals surface area contributed by atoms with E-state index >= 15 is 0 Å². The molecule has 9 heteroatoms. The van der Waals surface area contributed by atoms with Gasteiger partial charge in [-0.05, 0) is 42.5 Å². The molecule has 29 heavy (non-hydrogen) atoms. The van der Waals surface area contributed by atoms with Crippen molar-refractivity contribution in [3.8, 4) is 22.6 Å². The van der Waals surface area contributed by atoms with Crippen molar-refractivity contribution in [1.82, 2.24) is 15.2 Å². The Morgan fingerprint density at radius 3 is 2.45 bits per heavy atom. The van der Waals surface area contributed by atoms with E-state index in [2.05, 4.69) is 20.5 Å². The molecule has 0 atom stereocenters. The van der Waals surface area contributed by atoms with Gasteiger partial charge in [0.1, 0.15) is 23.0 Å². The third kappa shape index (κ3) is 3.83. The number of rotatable bonds is 4. The lowest BCUT2D eigenvalue weighted by Crippen LogP contribution is -2.16. The van der Waals surface area contributed by atoms with E-state index in [-0.39, 0.29) is 5.82 Å². The number of nitrogens with zero attached hydrogens (tertiary/aromatic N) is 3. The van der Waals surface area contributed by atoms with Gasteiger partial charge in [-0.25, -0.2) is 13.8 Å². The van der Waals surface area contributed by atoms with E-state index in [4.69, 9.17) is 16.0 Å². The fourth-order valence-corrected chi connectivity index (χ4v) is 2.93. The fraction of sp³-hybridized carbons (Fsp3) is 0. The summed E-state index contributed by atoms with van der Waals surface area (Å²) in [5.74, 6) is -2.37. The molecule has 0 aliphatic carbocycles. The van der Waals surface area contributed by atoms with Crippen LogP contribution < -0.4 is 5.32 Å². The minimum Gasteiger partial charge on any atom is -0.423 e. The lowest BCUT2D eigenvalue weighted by Gasteiger charge is -2.09. The molecule has 0 unspecified atom stereocenters. The van der Waals surface area contributed by atoms with Crippen molar-refractivity contribution >= 4 is 23.3 Å². The highest BCUT2D eigenvalue weighted by atomic mass is 35.5. The molecule has 0 bridgehead atoms. The normalized spacial score (nSPS) is 10.7. The molecule has 0 saturated carbocycles. The maximum absolute atomic E-state index is 13.7. The monoisotopic (exact) mass is 412 g/mol. The van der Waals surface area contributed by atoms with Crippen molar-refractivity contribution in [2.75, 3.05) is 5.32 Å². The Morgan fingerprint density at radius 1 is 1.03 bits per heavy atom. The zero-order chi connectivity index (χ0) is 20.4. The second-order valence-electron chi connectivity index (χ2n) is 5.92. The van der Waals surface area contributed by atoms with Gasteiger partial charge in [0.25, 0.3) is 5.91 Å². The number of anilines is 1. The number of pyridine rings is 1. The summed E-state index contributed by atoms with van der Waals surface area (Å²) in [5, 5.41) is 10.3. The predicted octanol–water partition coefficient (Wildman–Crippen LogP) is 4.98. The average Bonchev–Trinajstić information content (AvgIpc) is 3.24. The van der Waals surface area contributed by atoms with E-state index in [1.165, 1.54) is 24.7 Å². The summed E-state index contributed by atoms with van der Waals surface area (Å²) in [7, 11) is 0. The zero-order valence-electron chi connectivity index (χ0n) is 14.6. The maximum Gasteiger partial charge on any atom is 0.262 e. The van der Waals surface area contributed by atoms with Gasteiger partial charge in [0.05, 0.1) is 0 Å². The Hall–Kier alpha value is -3.65. The minimum atomic E-state index is -0.955. The Bertz CT molecular complexity index is 1160. The zero-order valence-corrected chi connectivity index (χ0v) is 15.3. The van der Waals surface area contributed by atoms with Crippen LogP contribution in [0.5, 0.6) is 0 Å². The van der Waals surface area contributed by atoms with E-state index in [9.17, 15) is 13.6 Å². The molecule has 0 aliphatic heterocycles. The van der Waals surface area contributed by atoms with Crippen LogP contribution in [0.4, 0.5) is 14.6 Å². The van der Waals surface area contributed by atoms with E-state index in [0.717, 1.165) is 12.1 Å². The maximum atomic E-state index is 13.7. The van der Waals surface area contributed by atoms with Crippen LogP contribution in [0, 0.1) is 11.6 Å². The first kappa shape index (κ1) is 18.7. The van der Waals surface area contributed by atoms with Gasteiger partial charge in [-0.1, -0.05) is 17.7 Å². The molecule has 0 fully saturated rings. The van der Waals surface area contributed by atoms with Crippen LogP contribution in [0.2, 0.25) is 5.02 Å². The lowest BCUT2D eigenvalue weighted by molar-refractivity contribution is 0.101. The van der Waals surface area contributed by atoms with Gasteiger partial charge in [-0.2, -0.15) is 0 Å². The molecule has 0 saturated heterocycles. The third-order valence-corrected chi connectivity index (χ3v) is 4.41. The van der Waals surface area contributed by atoms with E-state index in [1.54, 1.807) is 24.3 Å². The second kappa shape index (κ2) is 7.76. The highest BCUT2D eigenvalue weighted by Gasteiger charge is 2.17. The highest BCUT2D eigenvalue weighted by molar-refractivity contribution is 6.33. The first-order chi connectivity index (χ1) is 14.0. The van der Waals surface area contributed by atoms with Gasteiger partial charge in [-0.3, -0.25) is 4.79 Å². The van der Waals surface area contributed by atoms with Crippen LogP contribution in [-0.2, 0) is 0 Å². The summed E-state index contributed by atoms with van der Waals surface area (Å²) in [6.45, 7) is 0. The smallest absolute Gasteiger partial charge is 0.262 e. The fourth-order valence-electron chi connectivity index (χ4n) is 2.70. The summed E-state index contributed by atoms with van der Waals surface area (Å²) >= 11 is 6.28. The third-order valence-electron chi connectivity index (χ3n) is 4.08. The molecule has 2 aromatic heterocycles. The summed E-state index contributed by atoms with van der Waals surface area (Å²) in [6.07, 6.45) is 2.70.